The highest BCUT2D eigenvalue weighted by Gasteiger charge is 2.44. The molecule has 0 bridgehead atoms. The molecule has 0 radical (unpaired) electrons. The van der Waals surface area contributed by atoms with Gasteiger partial charge in [-0.2, -0.15) is 18.4 Å². The maximum Gasteiger partial charge on any atom is 0.422 e. The second-order valence-corrected chi connectivity index (χ2v) is 11.1. The smallest absolute Gasteiger partial charge is 0.422 e. The number of ether oxygens (including phenoxy) is 1. The van der Waals surface area contributed by atoms with Gasteiger partial charge in [0, 0.05) is 24.9 Å². The summed E-state index contributed by atoms with van der Waals surface area (Å²) in [4.78, 5) is 8.50. The quantitative estimate of drug-likeness (QED) is 0.387. The van der Waals surface area contributed by atoms with E-state index in [9.17, 15) is 23.5 Å². The van der Waals surface area contributed by atoms with Gasteiger partial charge < -0.3 is 14.4 Å². The summed E-state index contributed by atoms with van der Waals surface area (Å²) in [5.41, 5.74) is -4.57. The summed E-state index contributed by atoms with van der Waals surface area (Å²) in [6, 6.07) is 6.06. The molecule has 1 aromatic carbocycles. The molecule has 4 aromatic rings. The van der Waals surface area contributed by atoms with Crippen molar-refractivity contribution in [2.75, 3.05) is 0 Å². The predicted molar refractivity (Wildman–Crippen MR) is 137 cm³/mol. The Labute approximate surface area is 223 Å². The molecule has 206 valence electrons. The zero-order valence-electron chi connectivity index (χ0n) is 23.0. The highest BCUT2D eigenvalue weighted by atomic mass is 19.4. The molecule has 3 heterocycles. The normalized spacial score (nSPS) is 14.3. The Morgan fingerprint density at radius 1 is 1.03 bits per heavy atom. The van der Waals surface area contributed by atoms with E-state index in [1.54, 1.807) is 45.5 Å². The molecule has 0 fully saturated rings. The third kappa shape index (κ3) is 4.50. The summed E-state index contributed by atoms with van der Waals surface area (Å²) in [6.45, 7) is 10.6. The van der Waals surface area contributed by atoms with Crippen molar-refractivity contribution in [2.24, 2.45) is 19.5 Å². The van der Waals surface area contributed by atoms with Gasteiger partial charge in [0.1, 0.15) is 28.8 Å². The van der Waals surface area contributed by atoms with Crippen LogP contribution in [0, 0.1) is 23.7 Å². The summed E-state index contributed by atoms with van der Waals surface area (Å²) in [7, 11) is 3.29. The third-order valence-corrected chi connectivity index (χ3v) is 7.60. The van der Waals surface area contributed by atoms with Gasteiger partial charge in [-0.15, -0.1) is 5.10 Å². The van der Waals surface area contributed by atoms with Gasteiger partial charge in [-0.1, -0.05) is 32.1 Å². The van der Waals surface area contributed by atoms with Crippen molar-refractivity contribution in [1.82, 2.24) is 29.5 Å². The maximum atomic E-state index is 14.5. The van der Waals surface area contributed by atoms with Crippen molar-refractivity contribution >= 4 is 10.9 Å². The number of pyridine rings is 1. The number of nitrogens with zero attached hydrogens (tertiary/aromatic N) is 7. The summed E-state index contributed by atoms with van der Waals surface area (Å²) in [5, 5.41) is 30.0. The molecule has 1 N–H and O–H groups in total. The molecule has 0 amide bonds. The van der Waals surface area contributed by atoms with Crippen LogP contribution in [0.2, 0.25) is 0 Å². The van der Waals surface area contributed by atoms with E-state index in [0.29, 0.717) is 11.5 Å². The minimum absolute atomic E-state index is 0.0873. The lowest BCUT2D eigenvalue weighted by molar-refractivity contribution is -0.141. The van der Waals surface area contributed by atoms with Gasteiger partial charge in [0.15, 0.2) is 5.60 Å². The number of fused-ring (bicyclic) bond motifs is 1. The van der Waals surface area contributed by atoms with E-state index in [0.717, 1.165) is 0 Å². The lowest BCUT2D eigenvalue weighted by Crippen LogP contribution is -2.43. The minimum atomic E-state index is -4.94. The van der Waals surface area contributed by atoms with Crippen LogP contribution < -0.4 is 4.74 Å². The molecule has 0 aliphatic heterocycles. The number of aryl methyl sites for hydroxylation is 2. The Kier molecular flexibility index (Phi) is 6.51. The SMILES string of the molecule is Cc1ncc(C(O)(c2ccc3nc(OC(C)(C)C(C)(C)C)c(C(F)(F)F)c(C#N)c3c2)c2cnnn2C)n1C. The first-order valence-electron chi connectivity index (χ1n) is 12.1. The highest BCUT2D eigenvalue weighted by Crippen LogP contribution is 2.45. The second kappa shape index (κ2) is 9.05. The molecule has 3 aromatic heterocycles. The molecule has 0 aliphatic carbocycles. The van der Waals surface area contributed by atoms with Gasteiger partial charge in [0.05, 0.1) is 29.2 Å². The maximum absolute atomic E-state index is 14.5. The van der Waals surface area contributed by atoms with Crippen LogP contribution in [0.5, 0.6) is 5.88 Å². The van der Waals surface area contributed by atoms with Crippen LogP contribution in [0.3, 0.4) is 0 Å². The minimum Gasteiger partial charge on any atom is -0.471 e. The fourth-order valence-corrected chi connectivity index (χ4v) is 4.20. The monoisotopic (exact) mass is 541 g/mol. The number of alkyl halides is 3. The molecule has 4 rings (SSSR count). The van der Waals surface area contributed by atoms with Crippen LogP contribution in [0.1, 0.15) is 68.5 Å². The molecule has 39 heavy (non-hydrogen) atoms. The zero-order valence-corrected chi connectivity index (χ0v) is 23.0. The van der Waals surface area contributed by atoms with Crippen LogP contribution in [0.25, 0.3) is 10.9 Å². The molecule has 12 heteroatoms. The number of hydrogen-bond acceptors (Lipinski definition) is 7. The average molecular weight is 542 g/mol. The Hall–Kier alpha value is -3.98. The Balaban J connectivity index is 2.06. The Morgan fingerprint density at radius 3 is 2.18 bits per heavy atom. The van der Waals surface area contributed by atoms with E-state index in [-0.39, 0.29) is 22.2 Å². The predicted octanol–water partition coefficient (Wildman–Crippen LogP) is 4.78. The Morgan fingerprint density at radius 2 is 1.69 bits per heavy atom. The van der Waals surface area contributed by atoms with Crippen molar-refractivity contribution < 1.29 is 23.0 Å². The van der Waals surface area contributed by atoms with Crippen LogP contribution in [-0.2, 0) is 25.9 Å². The largest absolute Gasteiger partial charge is 0.471 e. The second-order valence-electron chi connectivity index (χ2n) is 11.1. The standard InChI is InChI=1S/C27H30F3N7O2/c1-15-32-13-20(36(15)7)26(38,21-14-33-35-37(21)8)16-9-10-19-17(11-16)18(12-31)22(27(28,29)30)23(34-19)39-25(5,6)24(2,3)4/h9-11,13-14,38H,1-8H3. The van der Waals surface area contributed by atoms with E-state index < -0.39 is 39.8 Å². The van der Waals surface area contributed by atoms with Crippen molar-refractivity contribution in [1.29, 1.82) is 5.26 Å². The van der Waals surface area contributed by atoms with Crippen molar-refractivity contribution in [3.05, 3.63) is 64.5 Å². The molecule has 0 saturated carbocycles. The molecule has 1 atom stereocenters. The number of benzene rings is 1. The third-order valence-electron chi connectivity index (χ3n) is 7.60. The van der Waals surface area contributed by atoms with Crippen LogP contribution >= 0.6 is 0 Å². The number of hydrogen-bond donors (Lipinski definition) is 1. The summed E-state index contributed by atoms with van der Waals surface area (Å²) in [5.74, 6) is -0.0751. The van der Waals surface area contributed by atoms with Gasteiger partial charge in [0.2, 0.25) is 5.88 Å². The zero-order chi connectivity index (χ0) is 29.1. The first-order chi connectivity index (χ1) is 17.9. The molecular weight excluding hydrogens is 511 g/mol. The molecule has 1 unspecified atom stereocenters. The van der Waals surface area contributed by atoms with Crippen LogP contribution in [-0.4, -0.2) is 40.2 Å². The number of rotatable bonds is 5. The van der Waals surface area contributed by atoms with E-state index in [2.05, 4.69) is 20.3 Å². The number of nitriles is 1. The number of aliphatic hydroxyl groups is 1. The topological polar surface area (TPSA) is 115 Å². The van der Waals surface area contributed by atoms with Crippen molar-refractivity contribution in [3.63, 3.8) is 0 Å². The van der Waals surface area contributed by atoms with Gasteiger partial charge in [-0.3, -0.25) is 0 Å². The lowest BCUT2D eigenvalue weighted by atomic mass is 9.79. The Bertz CT molecular complexity index is 1610. The van der Waals surface area contributed by atoms with E-state index in [1.165, 1.54) is 35.3 Å². The lowest BCUT2D eigenvalue weighted by Gasteiger charge is -2.39. The highest BCUT2D eigenvalue weighted by molar-refractivity contribution is 5.88. The van der Waals surface area contributed by atoms with Crippen LogP contribution in [0.15, 0.2) is 30.6 Å². The molecule has 0 spiro atoms. The summed E-state index contributed by atoms with van der Waals surface area (Å²) in [6.07, 6.45) is -2.10. The molecule has 0 saturated heterocycles. The molecule has 9 nitrogen and oxygen atoms in total. The summed E-state index contributed by atoms with van der Waals surface area (Å²) >= 11 is 0. The molecular formula is C27H30F3N7O2. The van der Waals surface area contributed by atoms with E-state index >= 15 is 0 Å². The average Bonchev–Trinajstić information content (AvgIpc) is 3.41. The fraction of sp³-hybridized carbons (Fsp3) is 0.444. The number of imidazole rings is 1. The van der Waals surface area contributed by atoms with Crippen molar-refractivity contribution in [3.8, 4) is 11.9 Å². The number of aromatic nitrogens is 6. The molecule has 0 aliphatic rings. The van der Waals surface area contributed by atoms with Gasteiger partial charge in [-0.25, -0.2) is 14.6 Å². The number of halogens is 3. The van der Waals surface area contributed by atoms with Gasteiger partial charge in [0.25, 0.3) is 0 Å². The van der Waals surface area contributed by atoms with Crippen LogP contribution in [0.4, 0.5) is 13.2 Å². The first kappa shape index (κ1) is 28.0. The first-order valence-corrected chi connectivity index (χ1v) is 12.1. The fourth-order valence-electron chi connectivity index (χ4n) is 4.20. The van der Waals surface area contributed by atoms with E-state index in [4.69, 9.17) is 4.74 Å². The van der Waals surface area contributed by atoms with Gasteiger partial charge >= 0.3 is 6.18 Å². The van der Waals surface area contributed by atoms with Crippen molar-refractivity contribution in [2.45, 2.75) is 58.9 Å². The van der Waals surface area contributed by atoms with Gasteiger partial charge in [-0.05, 0) is 38.5 Å². The van der Waals surface area contributed by atoms with E-state index in [1.807, 2.05) is 20.8 Å². The summed E-state index contributed by atoms with van der Waals surface area (Å²) < 4.78 is 52.3.